The normalized spacial score (nSPS) is 20.2. The van der Waals surface area contributed by atoms with E-state index < -0.39 is 0 Å². The first-order chi connectivity index (χ1) is 7.25. The highest BCUT2D eigenvalue weighted by atomic mass is 16.5. The zero-order chi connectivity index (χ0) is 10.7. The van der Waals surface area contributed by atoms with Crippen LogP contribution in [0.3, 0.4) is 0 Å². The number of aromatic nitrogens is 1. The molecular formula is C11H14N2O2. The van der Waals surface area contributed by atoms with Gasteiger partial charge in [0.1, 0.15) is 11.8 Å². The third-order valence-electron chi connectivity index (χ3n) is 2.39. The summed E-state index contributed by atoms with van der Waals surface area (Å²) in [5, 5.41) is 3.14. The van der Waals surface area contributed by atoms with Gasteiger partial charge in [0.15, 0.2) is 0 Å². The molecule has 0 aliphatic carbocycles. The number of esters is 1. The van der Waals surface area contributed by atoms with Gasteiger partial charge < -0.3 is 10.1 Å². The zero-order valence-electron chi connectivity index (χ0n) is 8.69. The number of pyridine rings is 1. The number of nitrogens with zero attached hydrogens (tertiary/aromatic N) is 1. The minimum absolute atomic E-state index is 0.000174. The molecule has 1 saturated heterocycles. The van der Waals surface area contributed by atoms with Gasteiger partial charge in [0.05, 0.1) is 0 Å². The molecule has 0 unspecified atom stereocenters. The molecular weight excluding hydrogens is 192 g/mol. The molecule has 1 aromatic heterocycles. The molecule has 1 atom stereocenters. The lowest BCUT2D eigenvalue weighted by Crippen LogP contribution is -2.21. The Kier molecular flexibility index (Phi) is 2.97. The van der Waals surface area contributed by atoms with Crippen LogP contribution < -0.4 is 5.32 Å². The molecule has 0 radical (unpaired) electrons. The van der Waals surface area contributed by atoms with Crippen molar-refractivity contribution in [3.8, 4) is 0 Å². The molecule has 4 nitrogen and oxygen atoms in total. The van der Waals surface area contributed by atoms with Crippen molar-refractivity contribution in [2.75, 3.05) is 13.1 Å². The Hall–Kier alpha value is -1.42. The van der Waals surface area contributed by atoms with Crippen molar-refractivity contribution in [1.82, 2.24) is 10.3 Å². The number of carbonyl (C=O) groups excluding carboxylic acids is 1. The summed E-state index contributed by atoms with van der Waals surface area (Å²) in [6, 6.07) is 5.34. The quantitative estimate of drug-likeness (QED) is 0.731. The van der Waals surface area contributed by atoms with E-state index in [0.29, 0.717) is 5.69 Å². The van der Waals surface area contributed by atoms with Gasteiger partial charge in [-0.2, -0.15) is 0 Å². The molecule has 0 aromatic carbocycles. The smallest absolute Gasteiger partial charge is 0.357 e. The van der Waals surface area contributed by atoms with Crippen LogP contribution in [0, 0.1) is 6.92 Å². The second-order valence-corrected chi connectivity index (χ2v) is 3.68. The van der Waals surface area contributed by atoms with E-state index >= 15 is 0 Å². The van der Waals surface area contributed by atoms with E-state index in [1.165, 1.54) is 0 Å². The van der Waals surface area contributed by atoms with Gasteiger partial charge in [-0.05, 0) is 32.0 Å². The maximum atomic E-state index is 11.6. The van der Waals surface area contributed by atoms with Crippen molar-refractivity contribution >= 4 is 5.97 Å². The molecule has 1 aliphatic rings. The summed E-state index contributed by atoms with van der Waals surface area (Å²) in [6.07, 6.45) is 0.886. The fraction of sp³-hybridized carbons (Fsp3) is 0.455. The standard InChI is InChI=1S/C11H14N2O2/c1-8-3-2-4-10(13-8)11(14)15-9-5-6-12-7-9/h2-4,9,12H,5-7H2,1H3/t9-/m1/s1. The molecule has 2 rings (SSSR count). The molecule has 0 amide bonds. The van der Waals surface area contributed by atoms with Crippen LogP contribution in [0.15, 0.2) is 18.2 Å². The van der Waals surface area contributed by atoms with Crippen molar-refractivity contribution in [3.63, 3.8) is 0 Å². The number of hydrogen-bond donors (Lipinski definition) is 1. The van der Waals surface area contributed by atoms with Crippen molar-refractivity contribution in [1.29, 1.82) is 0 Å². The van der Waals surface area contributed by atoms with Gasteiger partial charge >= 0.3 is 5.97 Å². The first-order valence-electron chi connectivity index (χ1n) is 5.11. The summed E-state index contributed by atoms with van der Waals surface area (Å²) in [7, 11) is 0. The van der Waals surface area contributed by atoms with Crippen molar-refractivity contribution < 1.29 is 9.53 Å². The summed E-state index contributed by atoms with van der Waals surface area (Å²) in [4.78, 5) is 15.8. The van der Waals surface area contributed by atoms with E-state index in [1.807, 2.05) is 19.1 Å². The highest BCUT2D eigenvalue weighted by Crippen LogP contribution is 2.07. The van der Waals surface area contributed by atoms with Gasteiger partial charge in [-0.15, -0.1) is 0 Å². The second kappa shape index (κ2) is 4.40. The largest absolute Gasteiger partial charge is 0.456 e. The monoisotopic (exact) mass is 206 g/mol. The van der Waals surface area contributed by atoms with E-state index in [0.717, 1.165) is 25.2 Å². The Morgan fingerprint density at radius 1 is 1.60 bits per heavy atom. The van der Waals surface area contributed by atoms with Gasteiger partial charge in [-0.25, -0.2) is 9.78 Å². The molecule has 1 aromatic rings. The summed E-state index contributed by atoms with van der Waals surface area (Å²) in [6.45, 7) is 3.52. The number of aryl methyl sites for hydroxylation is 1. The van der Waals surface area contributed by atoms with Crippen LogP contribution in [0.25, 0.3) is 0 Å². The minimum atomic E-state index is -0.326. The Balaban J connectivity index is 2.01. The van der Waals surface area contributed by atoms with Crippen LogP contribution in [0.5, 0.6) is 0 Å². The van der Waals surface area contributed by atoms with E-state index in [1.54, 1.807) is 6.07 Å². The molecule has 0 saturated carbocycles. The highest BCUT2D eigenvalue weighted by Gasteiger charge is 2.20. The highest BCUT2D eigenvalue weighted by molar-refractivity contribution is 5.87. The predicted molar refractivity (Wildman–Crippen MR) is 55.7 cm³/mol. The number of rotatable bonds is 2. The fourth-order valence-electron chi connectivity index (χ4n) is 1.60. The lowest BCUT2D eigenvalue weighted by atomic mass is 10.3. The van der Waals surface area contributed by atoms with E-state index in [2.05, 4.69) is 10.3 Å². The van der Waals surface area contributed by atoms with Crippen molar-refractivity contribution in [2.45, 2.75) is 19.4 Å². The van der Waals surface area contributed by atoms with Crippen LogP contribution >= 0.6 is 0 Å². The van der Waals surface area contributed by atoms with Gasteiger partial charge in [0.25, 0.3) is 0 Å². The van der Waals surface area contributed by atoms with Gasteiger partial charge in [-0.3, -0.25) is 0 Å². The third kappa shape index (κ3) is 2.53. The molecule has 1 N–H and O–H groups in total. The third-order valence-corrected chi connectivity index (χ3v) is 2.39. The van der Waals surface area contributed by atoms with Gasteiger partial charge in [-0.1, -0.05) is 6.07 Å². The van der Waals surface area contributed by atoms with Crippen molar-refractivity contribution in [3.05, 3.63) is 29.6 Å². The van der Waals surface area contributed by atoms with Gasteiger partial charge in [0.2, 0.25) is 0 Å². The lowest BCUT2D eigenvalue weighted by molar-refractivity contribution is 0.0337. The second-order valence-electron chi connectivity index (χ2n) is 3.68. The molecule has 1 aliphatic heterocycles. The van der Waals surface area contributed by atoms with Gasteiger partial charge in [0, 0.05) is 12.2 Å². The summed E-state index contributed by atoms with van der Waals surface area (Å²) in [5.41, 5.74) is 1.22. The Morgan fingerprint density at radius 2 is 2.47 bits per heavy atom. The average Bonchev–Trinajstić information content (AvgIpc) is 2.70. The first-order valence-corrected chi connectivity index (χ1v) is 5.11. The number of ether oxygens (including phenoxy) is 1. The van der Waals surface area contributed by atoms with Crippen LogP contribution in [0.1, 0.15) is 22.6 Å². The number of carbonyl (C=O) groups is 1. The van der Waals surface area contributed by atoms with Crippen LogP contribution in [0.2, 0.25) is 0 Å². The SMILES string of the molecule is Cc1cccc(C(=O)O[C@@H]2CCNC2)n1. The summed E-state index contributed by atoms with van der Waals surface area (Å²) >= 11 is 0. The molecule has 1 fully saturated rings. The maximum Gasteiger partial charge on any atom is 0.357 e. The minimum Gasteiger partial charge on any atom is -0.456 e. The summed E-state index contributed by atoms with van der Waals surface area (Å²) < 4.78 is 5.29. The van der Waals surface area contributed by atoms with Crippen LogP contribution in [-0.2, 0) is 4.74 Å². The van der Waals surface area contributed by atoms with Crippen LogP contribution in [0.4, 0.5) is 0 Å². The molecule has 4 heteroatoms. The zero-order valence-corrected chi connectivity index (χ0v) is 8.69. The average molecular weight is 206 g/mol. The Labute approximate surface area is 88.7 Å². The van der Waals surface area contributed by atoms with Crippen LogP contribution in [-0.4, -0.2) is 30.1 Å². The van der Waals surface area contributed by atoms with E-state index in [4.69, 9.17) is 4.74 Å². The molecule has 15 heavy (non-hydrogen) atoms. The maximum absolute atomic E-state index is 11.6. The van der Waals surface area contributed by atoms with E-state index in [9.17, 15) is 4.79 Å². The topological polar surface area (TPSA) is 51.2 Å². The molecule has 2 heterocycles. The predicted octanol–water partition coefficient (Wildman–Crippen LogP) is 0.909. The summed E-state index contributed by atoms with van der Waals surface area (Å²) in [5.74, 6) is -0.326. The van der Waals surface area contributed by atoms with E-state index in [-0.39, 0.29) is 12.1 Å². The molecule has 0 spiro atoms. The number of nitrogens with one attached hydrogen (secondary N) is 1. The Morgan fingerprint density at radius 3 is 3.13 bits per heavy atom. The van der Waals surface area contributed by atoms with Crippen molar-refractivity contribution in [2.24, 2.45) is 0 Å². The molecule has 80 valence electrons. The lowest BCUT2D eigenvalue weighted by Gasteiger charge is -2.10. The fourth-order valence-corrected chi connectivity index (χ4v) is 1.60. The number of hydrogen-bond acceptors (Lipinski definition) is 4. The first kappa shape index (κ1) is 10.1. The Bertz CT molecular complexity index is 359. The molecule has 0 bridgehead atoms.